The highest BCUT2D eigenvalue weighted by atomic mass is 35.5. The average Bonchev–Trinajstić information content (AvgIpc) is 2.68. The molecule has 1 N–H and O–H groups in total. The van der Waals surface area contributed by atoms with Crippen molar-refractivity contribution >= 4 is 22.8 Å². The largest absolute Gasteiger partial charge is 0.317 e. The van der Waals surface area contributed by atoms with E-state index in [1.54, 1.807) is 24.5 Å². The van der Waals surface area contributed by atoms with Gasteiger partial charge in [-0.1, -0.05) is 23.7 Å². The highest BCUT2D eigenvalue weighted by molar-refractivity contribution is 6.30. The molecule has 0 saturated carbocycles. The van der Waals surface area contributed by atoms with Crippen LogP contribution < -0.4 is 11.0 Å². The van der Waals surface area contributed by atoms with Crippen molar-refractivity contribution in [2.45, 2.75) is 13.5 Å². The molecule has 0 bridgehead atoms. The van der Waals surface area contributed by atoms with Crippen molar-refractivity contribution < 1.29 is 0 Å². The first kappa shape index (κ1) is 17.1. The molecule has 0 aliphatic heterocycles. The van der Waals surface area contributed by atoms with E-state index in [4.69, 9.17) is 11.6 Å². The summed E-state index contributed by atoms with van der Waals surface area (Å²) in [5, 5.41) is 0.657. The lowest BCUT2D eigenvalue weighted by molar-refractivity contribution is 0.795. The van der Waals surface area contributed by atoms with Crippen molar-refractivity contribution in [2.24, 2.45) is 0 Å². The van der Waals surface area contributed by atoms with Gasteiger partial charge in [0.25, 0.3) is 0 Å². The molecule has 0 radical (unpaired) electrons. The Balaban J connectivity index is 1.83. The second-order valence-corrected chi connectivity index (χ2v) is 6.45. The number of hydrogen-bond acceptors (Lipinski definition) is 6. The number of fused-ring (bicyclic) bond motifs is 1. The Labute approximate surface area is 159 Å². The molecule has 4 rings (SSSR count). The monoisotopic (exact) mass is 378 g/mol. The molecule has 0 aliphatic rings. The van der Waals surface area contributed by atoms with E-state index in [1.807, 2.05) is 25.1 Å². The molecule has 27 heavy (non-hydrogen) atoms. The fourth-order valence-electron chi connectivity index (χ4n) is 2.71. The number of hydrogen-bond donors (Lipinski definition) is 1. The van der Waals surface area contributed by atoms with E-state index in [2.05, 4.69) is 25.4 Å². The van der Waals surface area contributed by atoms with E-state index >= 15 is 0 Å². The summed E-state index contributed by atoms with van der Waals surface area (Å²) in [7, 11) is 0. The zero-order valence-corrected chi connectivity index (χ0v) is 15.2. The number of aryl methyl sites for hydroxylation is 1. The topological polar surface area (TPSA) is 85.6 Å². The van der Waals surface area contributed by atoms with Gasteiger partial charge < -0.3 is 5.43 Å². The van der Waals surface area contributed by atoms with Crippen molar-refractivity contribution in [3.8, 4) is 11.4 Å². The van der Waals surface area contributed by atoms with Gasteiger partial charge in [0, 0.05) is 35.4 Å². The fraction of sp³-hybridized carbons (Fsp3) is 0.105. The lowest BCUT2D eigenvalue weighted by Gasteiger charge is -2.15. The molecule has 8 heteroatoms. The van der Waals surface area contributed by atoms with Crippen LogP contribution in [0.4, 0.5) is 0 Å². The zero-order valence-electron chi connectivity index (χ0n) is 14.4. The molecule has 1 aromatic carbocycles. The van der Waals surface area contributed by atoms with E-state index in [0.717, 1.165) is 11.1 Å². The quantitative estimate of drug-likeness (QED) is 0.587. The SMILES string of the molecule is Cc1cncc(-c2nc3nccnc3c(=O)n2NCc2ccc(Cl)cc2)c1. The van der Waals surface area contributed by atoms with Crippen molar-refractivity contribution in [3.63, 3.8) is 0 Å². The van der Waals surface area contributed by atoms with Crippen LogP contribution in [0.1, 0.15) is 11.1 Å². The summed E-state index contributed by atoms with van der Waals surface area (Å²) >= 11 is 5.93. The molecule has 0 unspecified atom stereocenters. The van der Waals surface area contributed by atoms with E-state index < -0.39 is 0 Å². The summed E-state index contributed by atoms with van der Waals surface area (Å²) in [6, 6.07) is 9.30. The van der Waals surface area contributed by atoms with Crippen molar-refractivity contribution in [3.05, 3.63) is 81.6 Å². The summed E-state index contributed by atoms with van der Waals surface area (Å²) in [4.78, 5) is 30.0. The maximum atomic E-state index is 13.0. The summed E-state index contributed by atoms with van der Waals surface area (Å²) < 4.78 is 1.39. The number of pyridine rings is 1. The molecule has 7 nitrogen and oxygen atoms in total. The molecule has 134 valence electrons. The minimum absolute atomic E-state index is 0.200. The van der Waals surface area contributed by atoms with Crippen molar-refractivity contribution in [1.29, 1.82) is 0 Å². The first-order valence-electron chi connectivity index (χ1n) is 8.26. The number of benzene rings is 1. The molecular weight excluding hydrogens is 364 g/mol. The smallest absolute Gasteiger partial charge is 0.300 e. The summed E-state index contributed by atoms with van der Waals surface area (Å²) in [5.74, 6) is 0.429. The highest BCUT2D eigenvalue weighted by Gasteiger charge is 2.15. The molecule has 4 aromatic rings. The maximum absolute atomic E-state index is 13.0. The van der Waals surface area contributed by atoms with Gasteiger partial charge in [0.1, 0.15) is 0 Å². The fourth-order valence-corrected chi connectivity index (χ4v) is 2.83. The van der Waals surface area contributed by atoms with Gasteiger partial charge >= 0.3 is 5.56 Å². The van der Waals surface area contributed by atoms with Gasteiger partial charge in [0.2, 0.25) is 0 Å². The van der Waals surface area contributed by atoms with E-state index in [1.165, 1.54) is 17.1 Å². The summed E-state index contributed by atoms with van der Waals surface area (Å²) in [6.45, 7) is 2.34. The number of aromatic nitrogens is 5. The van der Waals surface area contributed by atoms with E-state index in [-0.39, 0.29) is 11.1 Å². The Morgan fingerprint density at radius 1 is 1.11 bits per heavy atom. The van der Waals surface area contributed by atoms with Crippen molar-refractivity contribution in [2.75, 3.05) is 5.43 Å². The number of nitrogens with zero attached hydrogens (tertiary/aromatic N) is 5. The summed E-state index contributed by atoms with van der Waals surface area (Å²) in [6.07, 6.45) is 6.40. The Morgan fingerprint density at radius 3 is 2.67 bits per heavy atom. The molecule has 0 amide bonds. The predicted octanol–water partition coefficient (Wildman–Crippen LogP) is 2.95. The van der Waals surface area contributed by atoms with Gasteiger partial charge in [-0.2, -0.15) is 0 Å². The minimum atomic E-state index is -0.321. The molecule has 3 heterocycles. The minimum Gasteiger partial charge on any atom is -0.317 e. The lowest BCUT2D eigenvalue weighted by atomic mass is 10.2. The van der Waals surface area contributed by atoms with Crippen LogP contribution in [0.25, 0.3) is 22.6 Å². The van der Waals surface area contributed by atoms with Crippen LogP contribution in [0.15, 0.2) is 59.9 Å². The Hall–Kier alpha value is -3.32. The first-order chi connectivity index (χ1) is 13.1. The molecular formula is C19H15ClN6O. The Morgan fingerprint density at radius 2 is 1.89 bits per heavy atom. The van der Waals surface area contributed by atoms with Crippen LogP contribution in [0.5, 0.6) is 0 Å². The third-order valence-electron chi connectivity index (χ3n) is 4.00. The third kappa shape index (κ3) is 3.50. The van der Waals surface area contributed by atoms with Gasteiger partial charge in [-0.25, -0.2) is 19.6 Å². The van der Waals surface area contributed by atoms with Crippen molar-refractivity contribution in [1.82, 2.24) is 24.6 Å². The number of halogens is 1. The molecule has 0 atom stereocenters. The Kier molecular flexibility index (Phi) is 4.52. The molecule has 0 aliphatic carbocycles. The number of nitrogens with one attached hydrogen (secondary N) is 1. The van der Waals surface area contributed by atoms with Crippen LogP contribution in [0.2, 0.25) is 5.02 Å². The standard InChI is InChI=1S/C19H15ClN6O/c1-12-8-14(11-21-9-12)18-25-17-16(22-6-7-23-17)19(27)26(18)24-10-13-2-4-15(20)5-3-13/h2-9,11,24H,10H2,1H3. The zero-order chi connectivity index (χ0) is 18.8. The maximum Gasteiger partial charge on any atom is 0.300 e. The van der Waals surface area contributed by atoms with Gasteiger partial charge in [-0.3, -0.25) is 9.78 Å². The van der Waals surface area contributed by atoms with Gasteiger partial charge in [-0.15, -0.1) is 0 Å². The van der Waals surface area contributed by atoms with Gasteiger partial charge in [0.15, 0.2) is 17.0 Å². The normalized spacial score (nSPS) is 10.9. The predicted molar refractivity (Wildman–Crippen MR) is 104 cm³/mol. The second-order valence-electron chi connectivity index (χ2n) is 6.02. The van der Waals surface area contributed by atoms with E-state index in [0.29, 0.717) is 28.6 Å². The van der Waals surface area contributed by atoms with Crippen LogP contribution in [0, 0.1) is 6.92 Å². The lowest BCUT2D eigenvalue weighted by Crippen LogP contribution is -2.32. The first-order valence-corrected chi connectivity index (χ1v) is 8.64. The van der Waals surface area contributed by atoms with Crippen LogP contribution >= 0.6 is 11.6 Å². The molecule has 0 fully saturated rings. The average molecular weight is 379 g/mol. The van der Waals surface area contributed by atoms with Crippen LogP contribution in [0.3, 0.4) is 0 Å². The van der Waals surface area contributed by atoms with Crippen LogP contribution in [-0.4, -0.2) is 24.6 Å². The highest BCUT2D eigenvalue weighted by Crippen LogP contribution is 2.17. The number of rotatable bonds is 4. The van der Waals surface area contributed by atoms with E-state index in [9.17, 15) is 4.79 Å². The summed E-state index contributed by atoms with van der Waals surface area (Å²) in [5.41, 5.74) is 5.95. The van der Waals surface area contributed by atoms with Gasteiger partial charge in [0.05, 0.1) is 6.54 Å². The molecule has 0 saturated heterocycles. The second kappa shape index (κ2) is 7.13. The molecule has 3 aromatic heterocycles. The Bertz CT molecular complexity index is 1170. The third-order valence-corrected chi connectivity index (χ3v) is 4.25. The van der Waals surface area contributed by atoms with Gasteiger partial charge in [-0.05, 0) is 36.2 Å². The molecule has 0 spiro atoms. The van der Waals surface area contributed by atoms with Crippen LogP contribution in [-0.2, 0) is 6.54 Å².